The maximum atomic E-state index is 12.4. The van der Waals surface area contributed by atoms with Crippen molar-refractivity contribution in [3.63, 3.8) is 0 Å². The van der Waals surface area contributed by atoms with Gasteiger partial charge in [-0.2, -0.15) is 0 Å². The molecule has 0 aliphatic carbocycles. The van der Waals surface area contributed by atoms with Gasteiger partial charge in [0.25, 0.3) is 0 Å². The first-order valence-electron chi connectivity index (χ1n) is 8.34. The van der Waals surface area contributed by atoms with Gasteiger partial charge in [0.2, 0.25) is 0 Å². The quantitative estimate of drug-likeness (QED) is 0.778. The van der Waals surface area contributed by atoms with Crippen LogP contribution >= 0.6 is 0 Å². The lowest BCUT2D eigenvalue weighted by Gasteiger charge is -2.55. The SMILES string of the molecule is CCC1(CC)CC(OC(=O)c2ccccc2)CC(C)(C)N1C. The fourth-order valence-corrected chi connectivity index (χ4v) is 3.86. The zero-order valence-corrected chi connectivity index (χ0v) is 14.6. The average Bonchev–Trinajstić information content (AvgIpc) is 2.51. The Labute approximate surface area is 134 Å². The molecule has 1 saturated heterocycles. The number of hydrogen-bond donors (Lipinski definition) is 0. The summed E-state index contributed by atoms with van der Waals surface area (Å²) in [6.07, 6.45) is 3.92. The van der Waals surface area contributed by atoms with Gasteiger partial charge in [0.1, 0.15) is 6.10 Å². The van der Waals surface area contributed by atoms with Crippen LogP contribution in [-0.4, -0.2) is 35.1 Å². The van der Waals surface area contributed by atoms with Crippen molar-refractivity contribution in [1.29, 1.82) is 0 Å². The number of carbonyl (C=O) groups is 1. The van der Waals surface area contributed by atoms with E-state index in [-0.39, 0.29) is 23.2 Å². The predicted molar refractivity (Wildman–Crippen MR) is 90.0 cm³/mol. The predicted octanol–water partition coefficient (Wildman–Crippen LogP) is 4.28. The third-order valence-corrected chi connectivity index (χ3v) is 5.55. The third-order valence-electron chi connectivity index (χ3n) is 5.55. The lowest BCUT2D eigenvalue weighted by Crippen LogP contribution is -2.62. The Bertz CT molecular complexity index is 505. The Balaban J connectivity index is 2.16. The minimum Gasteiger partial charge on any atom is -0.459 e. The maximum Gasteiger partial charge on any atom is 0.338 e. The van der Waals surface area contributed by atoms with E-state index in [0.717, 1.165) is 25.7 Å². The molecular formula is C19H29NO2. The number of likely N-dealkylation sites (tertiary alicyclic amines) is 1. The zero-order valence-electron chi connectivity index (χ0n) is 14.6. The summed E-state index contributed by atoms with van der Waals surface area (Å²) in [6.45, 7) is 8.96. The summed E-state index contributed by atoms with van der Waals surface area (Å²) in [5.74, 6) is -0.202. The molecule has 0 saturated carbocycles. The normalized spacial score (nSPS) is 24.0. The van der Waals surface area contributed by atoms with E-state index in [2.05, 4.69) is 39.6 Å². The molecule has 1 atom stereocenters. The van der Waals surface area contributed by atoms with Crippen molar-refractivity contribution in [3.8, 4) is 0 Å². The summed E-state index contributed by atoms with van der Waals surface area (Å²) >= 11 is 0. The van der Waals surface area contributed by atoms with Gasteiger partial charge in [-0.15, -0.1) is 0 Å². The fraction of sp³-hybridized carbons (Fsp3) is 0.632. The Morgan fingerprint density at radius 1 is 1.18 bits per heavy atom. The van der Waals surface area contributed by atoms with Crippen molar-refractivity contribution in [2.75, 3.05) is 7.05 Å². The highest BCUT2D eigenvalue weighted by Crippen LogP contribution is 2.42. The van der Waals surface area contributed by atoms with Gasteiger partial charge in [0.15, 0.2) is 0 Å². The smallest absolute Gasteiger partial charge is 0.338 e. The lowest BCUT2D eigenvalue weighted by atomic mass is 9.74. The summed E-state index contributed by atoms with van der Waals surface area (Å²) in [7, 11) is 2.21. The molecule has 0 N–H and O–H groups in total. The van der Waals surface area contributed by atoms with E-state index in [4.69, 9.17) is 4.74 Å². The molecule has 1 fully saturated rings. The van der Waals surface area contributed by atoms with E-state index in [1.807, 2.05) is 30.3 Å². The first-order chi connectivity index (χ1) is 10.3. The maximum absolute atomic E-state index is 12.4. The summed E-state index contributed by atoms with van der Waals surface area (Å²) in [4.78, 5) is 14.9. The number of rotatable bonds is 4. The van der Waals surface area contributed by atoms with Crippen LogP contribution in [-0.2, 0) is 4.74 Å². The van der Waals surface area contributed by atoms with Crippen molar-refractivity contribution >= 4 is 5.97 Å². The van der Waals surface area contributed by atoms with Crippen LogP contribution in [0.15, 0.2) is 30.3 Å². The molecule has 122 valence electrons. The molecule has 2 rings (SSSR count). The summed E-state index contributed by atoms with van der Waals surface area (Å²) in [6, 6.07) is 9.29. The Morgan fingerprint density at radius 2 is 1.77 bits per heavy atom. The molecule has 0 spiro atoms. The summed E-state index contributed by atoms with van der Waals surface area (Å²) < 4.78 is 5.85. The van der Waals surface area contributed by atoms with Crippen LogP contribution in [0.25, 0.3) is 0 Å². The van der Waals surface area contributed by atoms with Crippen LogP contribution in [0.1, 0.15) is 63.7 Å². The number of carbonyl (C=O) groups excluding carboxylic acids is 1. The Hall–Kier alpha value is -1.35. The van der Waals surface area contributed by atoms with Gasteiger partial charge < -0.3 is 4.74 Å². The Kier molecular flexibility index (Phi) is 4.96. The van der Waals surface area contributed by atoms with E-state index in [9.17, 15) is 4.79 Å². The van der Waals surface area contributed by atoms with Gasteiger partial charge in [-0.05, 0) is 45.9 Å². The second-order valence-corrected chi connectivity index (χ2v) is 7.10. The molecule has 0 radical (unpaired) electrons. The number of hydrogen-bond acceptors (Lipinski definition) is 3. The number of ether oxygens (including phenoxy) is 1. The molecule has 0 aromatic heterocycles. The number of piperidine rings is 1. The van der Waals surface area contributed by atoms with Crippen LogP contribution in [0, 0.1) is 0 Å². The fourth-order valence-electron chi connectivity index (χ4n) is 3.86. The number of benzene rings is 1. The molecule has 1 aliphatic rings. The van der Waals surface area contributed by atoms with Crippen molar-refractivity contribution in [3.05, 3.63) is 35.9 Å². The highest BCUT2D eigenvalue weighted by Gasteiger charge is 2.47. The second-order valence-electron chi connectivity index (χ2n) is 7.10. The van der Waals surface area contributed by atoms with Crippen molar-refractivity contribution in [1.82, 2.24) is 4.90 Å². The van der Waals surface area contributed by atoms with Crippen molar-refractivity contribution < 1.29 is 9.53 Å². The van der Waals surface area contributed by atoms with E-state index in [0.29, 0.717) is 5.56 Å². The Morgan fingerprint density at radius 3 is 2.32 bits per heavy atom. The van der Waals surface area contributed by atoms with Crippen molar-refractivity contribution in [2.45, 2.75) is 70.6 Å². The van der Waals surface area contributed by atoms with Crippen LogP contribution in [0.2, 0.25) is 0 Å². The molecule has 3 nitrogen and oxygen atoms in total. The molecule has 0 amide bonds. The first kappa shape index (κ1) is 17.0. The van der Waals surface area contributed by atoms with Crippen LogP contribution in [0.3, 0.4) is 0 Å². The van der Waals surface area contributed by atoms with Crippen molar-refractivity contribution in [2.24, 2.45) is 0 Å². The van der Waals surface area contributed by atoms with Crippen LogP contribution in [0.4, 0.5) is 0 Å². The lowest BCUT2D eigenvalue weighted by molar-refractivity contribution is -0.0905. The van der Waals surface area contributed by atoms with Gasteiger partial charge in [-0.3, -0.25) is 4.90 Å². The molecule has 3 heteroatoms. The van der Waals surface area contributed by atoms with Gasteiger partial charge in [-0.25, -0.2) is 4.79 Å². The largest absolute Gasteiger partial charge is 0.459 e. The number of esters is 1. The topological polar surface area (TPSA) is 29.5 Å². The molecule has 1 aromatic rings. The molecule has 22 heavy (non-hydrogen) atoms. The highest BCUT2D eigenvalue weighted by molar-refractivity contribution is 5.89. The van der Waals surface area contributed by atoms with E-state index < -0.39 is 0 Å². The van der Waals surface area contributed by atoms with Gasteiger partial charge in [0.05, 0.1) is 5.56 Å². The number of nitrogens with zero attached hydrogens (tertiary/aromatic N) is 1. The standard InChI is InChI=1S/C19H29NO2/c1-6-19(7-2)14-16(13-18(3,4)20(19)5)22-17(21)15-11-9-8-10-12-15/h8-12,16H,6-7,13-14H2,1-5H3. The van der Waals surface area contributed by atoms with Gasteiger partial charge >= 0.3 is 5.97 Å². The van der Waals surface area contributed by atoms with Gasteiger partial charge in [-0.1, -0.05) is 32.0 Å². The molecule has 1 unspecified atom stereocenters. The average molecular weight is 303 g/mol. The van der Waals surface area contributed by atoms with Crippen LogP contribution in [0.5, 0.6) is 0 Å². The third kappa shape index (κ3) is 3.19. The second kappa shape index (κ2) is 6.41. The molecule has 0 bridgehead atoms. The van der Waals surface area contributed by atoms with E-state index >= 15 is 0 Å². The first-order valence-corrected chi connectivity index (χ1v) is 8.34. The molecular weight excluding hydrogens is 274 g/mol. The minimum atomic E-state index is -0.202. The monoisotopic (exact) mass is 303 g/mol. The minimum absolute atomic E-state index is 0.0150. The van der Waals surface area contributed by atoms with Crippen LogP contribution < -0.4 is 0 Å². The zero-order chi connectivity index (χ0) is 16.4. The molecule has 1 aromatic carbocycles. The molecule has 1 aliphatic heterocycles. The summed E-state index contributed by atoms with van der Waals surface area (Å²) in [5, 5.41) is 0. The van der Waals surface area contributed by atoms with E-state index in [1.165, 1.54) is 0 Å². The summed E-state index contributed by atoms with van der Waals surface area (Å²) in [5.41, 5.74) is 0.785. The van der Waals surface area contributed by atoms with E-state index in [1.54, 1.807) is 0 Å². The highest BCUT2D eigenvalue weighted by atomic mass is 16.5. The van der Waals surface area contributed by atoms with Gasteiger partial charge in [0, 0.05) is 23.9 Å². The molecule has 1 heterocycles.